The standard InChI is InChI=1S/C20H30N2O2/c1-15(2)16-5-7-18(8-6-16)21-19-4-3-11-22(14-19)20(23)17-9-12-24-13-10-17/h5-8,15,17,19,21H,3-4,9-14H2,1-2H3/t19-/m1/s1. The molecule has 132 valence electrons. The smallest absolute Gasteiger partial charge is 0.225 e. The Kier molecular flexibility index (Phi) is 5.77. The lowest BCUT2D eigenvalue weighted by Gasteiger charge is -2.36. The van der Waals surface area contributed by atoms with Crippen LogP contribution in [0.15, 0.2) is 24.3 Å². The van der Waals surface area contributed by atoms with Crippen LogP contribution in [0.3, 0.4) is 0 Å². The Morgan fingerprint density at radius 1 is 1.17 bits per heavy atom. The third-order valence-electron chi connectivity index (χ3n) is 5.25. The number of carbonyl (C=O) groups is 1. The lowest BCUT2D eigenvalue weighted by molar-refractivity contribution is -0.139. The van der Waals surface area contributed by atoms with E-state index < -0.39 is 0 Å². The Morgan fingerprint density at radius 3 is 2.54 bits per heavy atom. The monoisotopic (exact) mass is 330 g/mol. The molecule has 1 N–H and O–H groups in total. The lowest BCUT2D eigenvalue weighted by atomic mass is 9.96. The Bertz CT molecular complexity index is 535. The molecule has 0 unspecified atom stereocenters. The van der Waals surface area contributed by atoms with Crippen LogP contribution in [0.4, 0.5) is 5.69 Å². The van der Waals surface area contributed by atoms with Gasteiger partial charge in [-0.2, -0.15) is 0 Å². The first kappa shape index (κ1) is 17.3. The number of hydrogen-bond donors (Lipinski definition) is 1. The second kappa shape index (κ2) is 8.02. The van der Waals surface area contributed by atoms with Gasteiger partial charge in [-0.1, -0.05) is 26.0 Å². The van der Waals surface area contributed by atoms with Crippen molar-refractivity contribution in [3.05, 3.63) is 29.8 Å². The van der Waals surface area contributed by atoms with Gasteiger partial charge in [-0.15, -0.1) is 0 Å². The van der Waals surface area contributed by atoms with Crippen LogP contribution in [0, 0.1) is 5.92 Å². The van der Waals surface area contributed by atoms with Crippen molar-refractivity contribution in [3.8, 4) is 0 Å². The topological polar surface area (TPSA) is 41.6 Å². The lowest BCUT2D eigenvalue weighted by Crippen LogP contribution is -2.48. The van der Waals surface area contributed by atoms with Gasteiger partial charge in [0.25, 0.3) is 0 Å². The van der Waals surface area contributed by atoms with Gasteiger partial charge in [-0.05, 0) is 49.3 Å². The molecule has 1 aromatic rings. The highest BCUT2D eigenvalue weighted by atomic mass is 16.5. The fourth-order valence-corrected chi connectivity index (χ4v) is 3.70. The van der Waals surface area contributed by atoms with Crippen LogP contribution in [0.25, 0.3) is 0 Å². The Hall–Kier alpha value is -1.55. The zero-order chi connectivity index (χ0) is 16.9. The van der Waals surface area contributed by atoms with Crippen LogP contribution in [-0.4, -0.2) is 43.2 Å². The summed E-state index contributed by atoms with van der Waals surface area (Å²) in [6.45, 7) is 7.61. The number of carbonyl (C=O) groups excluding carboxylic acids is 1. The Morgan fingerprint density at radius 2 is 1.88 bits per heavy atom. The summed E-state index contributed by atoms with van der Waals surface area (Å²) in [5, 5.41) is 3.62. The summed E-state index contributed by atoms with van der Waals surface area (Å²) < 4.78 is 5.38. The van der Waals surface area contributed by atoms with Gasteiger partial charge in [0.1, 0.15) is 0 Å². The number of benzene rings is 1. The first-order valence-electron chi connectivity index (χ1n) is 9.36. The zero-order valence-corrected chi connectivity index (χ0v) is 15.0. The maximum absolute atomic E-state index is 12.7. The third-order valence-corrected chi connectivity index (χ3v) is 5.25. The first-order valence-corrected chi connectivity index (χ1v) is 9.36. The molecule has 1 amide bonds. The second-order valence-electron chi connectivity index (χ2n) is 7.43. The van der Waals surface area contributed by atoms with Crippen LogP contribution in [0.1, 0.15) is 51.0 Å². The molecule has 24 heavy (non-hydrogen) atoms. The van der Waals surface area contributed by atoms with Crippen molar-refractivity contribution in [2.45, 2.75) is 51.5 Å². The molecule has 1 atom stereocenters. The molecule has 0 bridgehead atoms. The fraction of sp³-hybridized carbons (Fsp3) is 0.650. The van der Waals surface area contributed by atoms with Gasteiger partial charge in [0.2, 0.25) is 5.91 Å². The summed E-state index contributed by atoms with van der Waals surface area (Å²) in [5.41, 5.74) is 2.52. The number of nitrogens with zero attached hydrogens (tertiary/aromatic N) is 1. The Labute approximate surface area is 145 Å². The quantitative estimate of drug-likeness (QED) is 0.916. The second-order valence-corrected chi connectivity index (χ2v) is 7.43. The van der Waals surface area contributed by atoms with Crippen LogP contribution in [0.2, 0.25) is 0 Å². The van der Waals surface area contributed by atoms with Crippen LogP contribution < -0.4 is 5.32 Å². The molecule has 2 fully saturated rings. The number of amides is 1. The summed E-state index contributed by atoms with van der Waals surface area (Å²) in [6, 6.07) is 9.07. The van der Waals surface area contributed by atoms with Gasteiger partial charge in [-0.25, -0.2) is 0 Å². The number of rotatable bonds is 4. The molecule has 4 heteroatoms. The number of anilines is 1. The average molecular weight is 330 g/mol. The molecule has 0 aromatic heterocycles. The molecule has 0 radical (unpaired) electrons. The Balaban J connectivity index is 1.55. The van der Waals surface area contributed by atoms with E-state index in [0.717, 1.165) is 57.7 Å². The van der Waals surface area contributed by atoms with E-state index in [0.29, 0.717) is 17.9 Å². The summed E-state index contributed by atoms with van der Waals surface area (Å²) in [6.07, 6.45) is 3.97. The van der Waals surface area contributed by atoms with Crippen molar-refractivity contribution in [1.29, 1.82) is 0 Å². The molecule has 1 aromatic carbocycles. The van der Waals surface area contributed by atoms with Crippen molar-refractivity contribution < 1.29 is 9.53 Å². The minimum atomic E-state index is 0.169. The highest BCUT2D eigenvalue weighted by molar-refractivity contribution is 5.79. The highest BCUT2D eigenvalue weighted by Gasteiger charge is 2.29. The van der Waals surface area contributed by atoms with Crippen molar-refractivity contribution >= 4 is 11.6 Å². The van der Waals surface area contributed by atoms with E-state index in [9.17, 15) is 4.79 Å². The molecular formula is C20H30N2O2. The van der Waals surface area contributed by atoms with E-state index in [1.165, 1.54) is 5.56 Å². The number of ether oxygens (including phenoxy) is 1. The molecule has 2 aliphatic rings. The van der Waals surface area contributed by atoms with Crippen molar-refractivity contribution in [3.63, 3.8) is 0 Å². The minimum absolute atomic E-state index is 0.169. The van der Waals surface area contributed by atoms with Gasteiger partial charge in [0, 0.05) is 44.0 Å². The van der Waals surface area contributed by atoms with E-state index >= 15 is 0 Å². The first-order chi connectivity index (χ1) is 11.6. The van der Waals surface area contributed by atoms with Crippen molar-refractivity contribution in [2.75, 3.05) is 31.6 Å². The molecule has 2 aliphatic heterocycles. The molecule has 0 aliphatic carbocycles. The van der Waals surface area contributed by atoms with E-state index in [-0.39, 0.29) is 5.92 Å². The molecule has 2 heterocycles. The molecule has 2 saturated heterocycles. The fourth-order valence-electron chi connectivity index (χ4n) is 3.70. The summed E-state index contributed by atoms with van der Waals surface area (Å²) in [4.78, 5) is 14.8. The third kappa shape index (κ3) is 4.29. The van der Waals surface area contributed by atoms with Gasteiger partial charge >= 0.3 is 0 Å². The number of likely N-dealkylation sites (tertiary alicyclic amines) is 1. The van der Waals surface area contributed by atoms with E-state index in [1.807, 2.05) is 0 Å². The predicted molar refractivity (Wildman–Crippen MR) is 97.3 cm³/mol. The normalized spacial score (nSPS) is 22.6. The molecular weight excluding hydrogens is 300 g/mol. The zero-order valence-electron chi connectivity index (χ0n) is 15.0. The van der Waals surface area contributed by atoms with Gasteiger partial charge in [0.05, 0.1) is 0 Å². The summed E-state index contributed by atoms with van der Waals surface area (Å²) >= 11 is 0. The average Bonchev–Trinajstić information content (AvgIpc) is 2.62. The van der Waals surface area contributed by atoms with Crippen molar-refractivity contribution in [2.24, 2.45) is 5.92 Å². The molecule has 0 saturated carbocycles. The maximum atomic E-state index is 12.7. The van der Waals surface area contributed by atoms with Gasteiger partial charge in [-0.3, -0.25) is 4.79 Å². The SMILES string of the molecule is CC(C)c1ccc(N[C@@H]2CCCN(C(=O)C3CCOCC3)C2)cc1. The minimum Gasteiger partial charge on any atom is -0.381 e. The van der Waals surface area contributed by atoms with Gasteiger partial charge in [0.15, 0.2) is 0 Å². The largest absolute Gasteiger partial charge is 0.381 e. The maximum Gasteiger partial charge on any atom is 0.225 e. The van der Waals surface area contributed by atoms with E-state index in [1.54, 1.807) is 0 Å². The van der Waals surface area contributed by atoms with Crippen LogP contribution in [0.5, 0.6) is 0 Å². The van der Waals surface area contributed by atoms with E-state index in [2.05, 4.69) is 48.3 Å². The number of hydrogen-bond acceptors (Lipinski definition) is 3. The molecule has 4 nitrogen and oxygen atoms in total. The van der Waals surface area contributed by atoms with Gasteiger partial charge < -0.3 is 15.0 Å². The predicted octanol–water partition coefficient (Wildman–Crippen LogP) is 3.64. The van der Waals surface area contributed by atoms with Crippen LogP contribution in [-0.2, 0) is 9.53 Å². The van der Waals surface area contributed by atoms with E-state index in [4.69, 9.17) is 4.74 Å². The molecule has 3 rings (SSSR count). The highest BCUT2D eigenvalue weighted by Crippen LogP contribution is 2.23. The summed E-state index contributed by atoms with van der Waals surface area (Å²) in [5.74, 6) is 1.06. The van der Waals surface area contributed by atoms with Crippen LogP contribution >= 0.6 is 0 Å². The summed E-state index contributed by atoms with van der Waals surface area (Å²) in [7, 11) is 0. The number of nitrogens with one attached hydrogen (secondary N) is 1. The molecule has 0 spiro atoms. The van der Waals surface area contributed by atoms with Crippen molar-refractivity contribution in [1.82, 2.24) is 4.90 Å². The number of piperidine rings is 1.